The third kappa shape index (κ3) is 3.80. The molecule has 1 atom stereocenters. The quantitative estimate of drug-likeness (QED) is 0.866. The number of aryl methyl sites for hydroxylation is 1. The van der Waals surface area contributed by atoms with E-state index in [1.807, 2.05) is 0 Å². The van der Waals surface area contributed by atoms with Gasteiger partial charge in [0, 0.05) is 25.6 Å². The van der Waals surface area contributed by atoms with E-state index in [9.17, 15) is 4.79 Å². The van der Waals surface area contributed by atoms with Gasteiger partial charge in [0.2, 0.25) is 5.91 Å². The van der Waals surface area contributed by atoms with Gasteiger partial charge in [0.05, 0.1) is 0 Å². The summed E-state index contributed by atoms with van der Waals surface area (Å²) in [5, 5.41) is 7.30. The molecule has 3 nitrogen and oxygen atoms in total. The summed E-state index contributed by atoms with van der Waals surface area (Å²) < 4.78 is 0. The van der Waals surface area contributed by atoms with Crippen molar-refractivity contribution in [2.24, 2.45) is 5.92 Å². The summed E-state index contributed by atoms with van der Waals surface area (Å²) in [6.45, 7) is 3.29. The van der Waals surface area contributed by atoms with Crippen LogP contribution in [0.4, 0.5) is 0 Å². The molecule has 0 aromatic carbocycles. The van der Waals surface area contributed by atoms with Crippen LogP contribution in [-0.4, -0.2) is 36.5 Å². The average Bonchev–Trinajstić information content (AvgIpc) is 2.95. The van der Waals surface area contributed by atoms with E-state index < -0.39 is 0 Å². The minimum absolute atomic E-state index is 0.205. The minimum atomic E-state index is 0.205. The highest BCUT2D eigenvalue weighted by atomic mass is 32.1. The Morgan fingerprint density at radius 1 is 1.42 bits per heavy atom. The van der Waals surface area contributed by atoms with Gasteiger partial charge in [-0.3, -0.25) is 4.79 Å². The lowest BCUT2D eigenvalue weighted by atomic mass is 10.1. The highest BCUT2D eigenvalue weighted by Gasteiger charge is 2.34. The molecule has 1 aromatic heterocycles. The molecule has 0 spiro atoms. The number of likely N-dealkylation sites (tertiary alicyclic amines) is 1. The van der Waals surface area contributed by atoms with Crippen molar-refractivity contribution in [2.75, 3.05) is 19.6 Å². The molecule has 1 amide bonds. The molecule has 0 bridgehead atoms. The van der Waals surface area contributed by atoms with Crippen LogP contribution < -0.4 is 5.32 Å². The minimum Gasteiger partial charge on any atom is -0.356 e. The van der Waals surface area contributed by atoms with E-state index in [1.165, 1.54) is 37.9 Å². The van der Waals surface area contributed by atoms with Crippen LogP contribution in [0.25, 0.3) is 0 Å². The van der Waals surface area contributed by atoms with Crippen LogP contribution in [0, 0.1) is 5.92 Å². The van der Waals surface area contributed by atoms with Gasteiger partial charge in [-0.1, -0.05) is 0 Å². The molecule has 2 heterocycles. The molecule has 1 aliphatic heterocycles. The number of carbonyl (C=O) groups excluding carboxylic acids is 1. The van der Waals surface area contributed by atoms with Crippen LogP contribution in [0.3, 0.4) is 0 Å². The zero-order valence-corrected chi connectivity index (χ0v) is 12.1. The Morgan fingerprint density at radius 2 is 2.32 bits per heavy atom. The lowest BCUT2D eigenvalue weighted by Crippen LogP contribution is -2.31. The number of nitrogens with one attached hydrogen (secondary N) is 1. The molecule has 1 N–H and O–H groups in total. The fourth-order valence-corrected chi connectivity index (χ4v) is 3.54. The number of rotatable bonds is 6. The van der Waals surface area contributed by atoms with Gasteiger partial charge in [-0.05, 0) is 60.5 Å². The van der Waals surface area contributed by atoms with E-state index in [-0.39, 0.29) is 5.91 Å². The third-order valence-electron chi connectivity index (χ3n) is 4.19. The van der Waals surface area contributed by atoms with E-state index in [0.29, 0.717) is 12.3 Å². The average molecular weight is 278 g/mol. The first-order valence-electron chi connectivity index (χ1n) is 7.33. The van der Waals surface area contributed by atoms with Gasteiger partial charge in [-0.2, -0.15) is 11.3 Å². The lowest BCUT2D eigenvalue weighted by Gasteiger charge is -2.15. The summed E-state index contributed by atoms with van der Waals surface area (Å²) in [4.78, 5) is 14.4. The summed E-state index contributed by atoms with van der Waals surface area (Å²) in [6, 6.07) is 2.97. The zero-order chi connectivity index (χ0) is 13.1. The molecule has 3 rings (SSSR count). The second kappa shape index (κ2) is 6.06. The number of thiophene rings is 1. The fourth-order valence-electron chi connectivity index (χ4n) is 2.84. The van der Waals surface area contributed by atoms with Gasteiger partial charge in [-0.25, -0.2) is 0 Å². The molecule has 0 radical (unpaired) electrons. The lowest BCUT2D eigenvalue weighted by molar-refractivity contribution is -0.121. The summed E-state index contributed by atoms with van der Waals surface area (Å²) >= 11 is 1.70. The summed E-state index contributed by atoms with van der Waals surface area (Å²) in [5.41, 5.74) is 1.28. The second-order valence-corrected chi connectivity index (χ2v) is 6.60. The number of nitrogens with zero attached hydrogens (tertiary/aromatic N) is 1. The van der Waals surface area contributed by atoms with Crippen LogP contribution in [-0.2, 0) is 11.2 Å². The van der Waals surface area contributed by atoms with E-state index in [4.69, 9.17) is 0 Å². The maximum Gasteiger partial charge on any atom is 0.220 e. The van der Waals surface area contributed by atoms with E-state index in [2.05, 4.69) is 27.0 Å². The van der Waals surface area contributed by atoms with Crippen molar-refractivity contribution in [3.63, 3.8) is 0 Å². The van der Waals surface area contributed by atoms with Crippen molar-refractivity contribution in [2.45, 2.75) is 38.1 Å². The van der Waals surface area contributed by atoms with Gasteiger partial charge < -0.3 is 10.2 Å². The van der Waals surface area contributed by atoms with E-state index in [1.54, 1.807) is 11.3 Å². The normalized spacial score (nSPS) is 23.7. The van der Waals surface area contributed by atoms with Crippen LogP contribution >= 0.6 is 11.3 Å². The second-order valence-electron chi connectivity index (χ2n) is 5.82. The maximum absolute atomic E-state index is 11.8. The number of hydrogen-bond donors (Lipinski definition) is 1. The topological polar surface area (TPSA) is 32.3 Å². The Morgan fingerprint density at radius 3 is 3.05 bits per heavy atom. The molecular weight excluding hydrogens is 256 g/mol. The Hall–Kier alpha value is -0.870. The van der Waals surface area contributed by atoms with Gasteiger partial charge in [0.25, 0.3) is 0 Å². The van der Waals surface area contributed by atoms with Crippen LogP contribution in [0.15, 0.2) is 16.8 Å². The van der Waals surface area contributed by atoms with Crippen molar-refractivity contribution >= 4 is 17.2 Å². The van der Waals surface area contributed by atoms with Crippen LogP contribution in [0.1, 0.15) is 31.2 Å². The number of carbonyl (C=O) groups is 1. The molecule has 2 aliphatic rings. The SMILES string of the molecule is O=C(CCc1ccsc1)NC[C@H]1CCN(C2CC2)C1. The van der Waals surface area contributed by atoms with Crippen molar-refractivity contribution in [1.82, 2.24) is 10.2 Å². The van der Waals surface area contributed by atoms with Gasteiger partial charge in [0.1, 0.15) is 0 Å². The van der Waals surface area contributed by atoms with Crippen molar-refractivity contribution in [1.29, 1.82) is 0 Å². The molecule has 1 saturated heterocycles. The van der Waals surface area contributed by atoms with Crippen molar-refractivity contribution < 1.29 is 4.79 Å². The monoisotopic (exact) mass is 278 g/mol. The highest BCUT2D eigenvalue weighted by Crippen LogP contribution is 2.31. The number of amides is 1. The Kier molecular flexibility index (Phi) is 4.18. The van der Waals surface area contributed by atoms with Gasteiger partial charge in [-0.15, -0.1) is 0 Å². The molecular formula is C15H22N2OS. The zero-order valence-electron chi connectivity index (χ0n) is 11.3. The van der Waals surface area contributed by atoms with Crippen molar-refractivity contribution in [3.05, 3.63) is 22.4 Å². The summed E-state index contributed by atoms with van der Waals surface area (Å²) in [6.07, 6.45) is 5.52. The first-order chi connectivity index (χ1) is 9.31. The molecule has 2 fully saturated rings. The number of hydrogen-bond acceptors (Lipinski definition) is 3. The maximum atomic E-state index is 11.8. The standard InChI is InChI=1S/C15H22N2OS/c18-15(4-1-12-6-8-19-11-12)16-9-13-5-7-17(10-13)14-2-3-14/h6,8,11,13-14H,1-5,7,9-10H2,(H,16,18)/t13-/m1/s1. The smallest absolute Gasteiger partial charge is 0.220 e. The summed E-state index contributed by atoms with van der Waals surface area (Å²) in [7, 11) is 0. The molecule has 104 valence electrons. The van der Waals surface area contributed by atoms with Crippen molar-refractivity contribution in [3.8, 4) is 0 Å². The largest absolute Gasteiger partial charge is 0.356 e. The van der Waals surface area contributed by atoms with Crippen LogP contribution in [0.5, 0.6) is 0 Å². The van der Waals surface area contributed by atoms with E-state index >= 15 is 0 Å². The van der Waals surface area contributed by atoms with E-state index in [0.717, 1.165) is 19.0 Å². The third-order valence-corrected chi connectivity index (χ3v) is 4.92. The highest BCUT2D eigenvalue weighted by molar-refractivity contribution is 7.07. The molecule has 4 heteroatoms. The Labute approximate surface area is 119 Å². The molecule has 0 unspecified atom stereocenters. The van der Waals surface area contributed by atoms with Gasteiger partial charge in [0.15, 0.2) is 0 Å². The first kappa shape index (κ1) is 13.1. The predicted octanol–water partition coefficient (Wildman–Crippen LogP) is 2.28. The molecule has 19 heavy (non-hydrogen) atoms. The molecule has 1 aromatic rings. The predicted molar refractivity (Wildman–Crippen MR) is 78.4 cm³/mol. The first-order valence-corrected chi connectivity index (χ1v) is 8.27. The van der Waals surface area contributed by atoms with Gasteiger partial charge >= 0.3 is 0 Å². The molecule has 1 aliphatic carbocycles. The van der Waals surface area contributed by atoms with Crippen LogP contribution in [0.2, 0.25) is 0 Å². The Bertz CT molecular complexity index is 414. The summed E-state index contributed by atoms with van der Waals surface area (Å²) in [5.74, 6) is 0.877. The molecule has 1 saturated carbocycles. The Balaban J connectivity index is 1.32. The fraction of sp³-hybridized carbons (Fsp3) is 0.667.